The van der Waals surface area contributed by atoms with Crippen molar-refractivity contribution >= 4 is 16.1 Å². The van der Waals surface area contributed by atoms with Crippen LogP contribution in [0.25, 0.3) is 0 Å². The van der Waals surface area contributed by atoms with Crippen molar-refractivity contribution in [3.05, 3.63) is 12.2 Å². The molecule has 0 atom stereocenters. The molecule has 0 aromatic carbocycles. The zero-order chi connectivity index (χ0) is 24.9. The summed E-state index contributed by atoms with van der Waals surface area (Å²) in [6, 6.07) is 0. The number of hydrogen-bond donors (Lipinski definition) is 0. The fourth-order valence-electron chi connectivity index (χ4n) is 4.18. The maximum atomic E-state index is 11.9. The molecule has 0 aromatic rings. The van der Waals surface area contributed by atoms with E-state index >= 15 is 0 Å². The SMILES string of the molecule is CCCCCCCC/C=C\CCCCCCCC(=O)OCCN1CCN(CCS(=O)(=O)[O-])CC1.[Na+]. The molecule has 0 saturated carbocycles. The molecule has 0 aliphatic carbocycles. The summed E-state index contributed by atoms with van der Waals surface area (Å²) in [7, 11) is -4.15. The molecule has 0 radical (unpaired) electrons. The van der Waals surface area contributed by atoms with Crippen LogP contribution in [0.1, 0.15) is 96.8 Å². The number of hydrogen-bond acceptors (Lipinski definition) is 7. The number of carbonyl (C=O) groups excluding carboxylic acids is 1. The van der Waals surface area contributed by atoms with Gasteiger partial charge in [0.25, 0.3) is 0 Å². The number of ether oxygens (including phenoxy) is 1. The number of esters is 1. The zero-order valence-corrected chi connectivity index (χ0v) is 25.4. The van der Waals surface area contributed by atoms with E-state index in [4.69, 9.17) is 4.74 Å². The second-order valence-electron chi connectivity index (χ2n) is 9.50. The maximum Gasteiger partial charge on any atom is 1.00 e. The van der Waals surface area contributed by atoms with Crippen molar-refractivity contribution in [3.8, 4) is 0 Å². The second kappa shape index (κ2) is 23.2. The normalized spacial score (nSPS) is 15.4. The summed E-state index contributed by atoms with van der Waals surface area (Å²) < 4.78 is 37.5. The molecular weight excluding hydrogens is 475 g/mol. The van der Waals surface area contributed by atoms with Crippen LogP contribution < -0.4 is 29.6 Å². The van der Waals surface area contributed by atoms with E-state index < -0.39 is 10.1 Å². The molecule has 0 N–H and O–H groups in total. The van der Waals surface area contributed by atoms with Gasteiger partial charge in [-0.15, -0.1) is 0 Å². The van der Waals surface area contributed by atoms with Crippen LogP contribution in [0.3, 0.4) is 0 Å². The molecule has 35 heavy (non-hydrogen) atoms. The van der Waals surface area contributed by atoms with E-state index in [0.29, 0.717) is 26.1 Å². The molecule has 1 saturated heterocycles. The Morgan fingerprint density at radius 2 is 1.29 bits per heavy atom. The molecule has 1 rings (SSSR count). The van der Waals surface area contributed by atoms with Crippen LogP contribution in [0, 0.1) is 0 Å². The number of unbranched alkanes of at least 4 members (excludes halogenated alkanes) is 11. The van der Waals surface area contributed by atoms with E-state index in [9.17, 15) is 17.8 Å². The number of nitrogens with zero attached hydrogens (tertiary/aromatic N) is 2. The van der Waals surface area contributed by atoms with Gasteiger partial charge in [-0.2, -0.15) is 0 Å². The fraction of sp³-hybridized carbons (Fsp3) is 0.885. The Balaban J connectivity index is 0.0000116. The van der Waals surface area contributed by atoms with Gasteiger partial charge in [-0.1, -0.05) is 70.4 Å². The molecule has 200 valence electrons. The quantitative estimate of drug-likeness (QED) is 0.0743. The van der Waals surface area contributed by atoms with Gasteiger partial charge in [-0.05, 0) is 32.1 Å². The third-order valence-electron chi connectivity index (χ3n) is 6.44. The molecule has 0 unspecified atom stereocenters. The van der Waals surface area contributed by atoms with Crippen LogP contribution in [-0.4, -0.2) is 80.4 Å². The van der Waals surface area contributed by atoms with Crippen molar-refractivity contribution in [2.45, 2.75) is 96.8 Å². The number of carbonyl (C=O) groups is 1. The standard InChI is InChI=1S/C26H50N2O5S.Na/c1-2-3-4-5-6-7-8-9-10-11-12-13-14-15-16-17-26(29)33-24-22-27-18-20-28(21-19-27)23-25-34(30,31)32;/h9-10H,2-8,11-25H2,1H3,(H,30,31,32);/q;+1/p-1/b10-9-;. The first kappa shape index (κ1) is 35.0. The van der Waals surface area contributed by atoms with Gasteiger partial charge in [-0.3, -0.25) is 14.6 Å². The number of rotatable bonds is 21. The molecule has 0 aromatic heterocycles. The second-order valence-corrected chi connectivity index (χ2v) is 11.0. The molecule has 1 heterocycles. The average Bonchev–Trinajstić information content (AvgIpc) is 2.80. The van der Waals surface area contributed by atoms with Crippen LogP contribution in [0.15, 0.2) is 12.2 Å². The summed E-state index contributed by atoms with van der Waals surface area (Å²) in [6.07, 6.45) is 21.3. The number of piperazine rings is 1. The molecule has 1 fully saturated rings. The van der Waals surface area contributed by atoms with Crippen molar-refractivity contribution in [1.29, 1.82) is 0 Å². The first-order chi connectivity index (χ1) is 16.4. The third kappa shape index (κ3) is 22.9. The molecule has 1 aliphatic rings. The van der Waals surface area contributed by atoms with Crippen molar-refractivity contribution in [2.75, 3.05) is 51.6 Å². The summed E-state index contributed by atoms with van der Waals surface area (Å²) in [5.41, 5.74) is 0. The van der Waals surface area contributed by atoms with Crippen LogP contribution in [0.5, 0.6) is 0 Å². The van der Waals surface area contributed by atoms with E-state index in [1.807, 2.05) is 4.90 Å². The number of allylic oxidation sites excluding steroid dienone is 2. The minimum Gasteiger partial charge on any atom is -0.748 e. The van der Waals surface area contributed by atoms with Crippen molar-refractivity contribution in [1.82, 2.24) is 9.80 Å². The summed E-state index contributed by atoms with van der Waals surface area (Å²) in [5, 5.41) is 0. The van der Waals surface area contributed by atoms with Gasteiger partial charge in [0.1, 0.15) is 6.61 Å². The van der Waals surface area contributed by atoms with Crippen molar-refractivity contribution < 1.29 is 52.1 Å². The molecule has 7 nitrogen and oxygen atoms in total. The Labute approximate surface area is 237 Å². The van der Waals surface area contributed by atoms with Gasteiger partial charge < -0.3 is 9.29 Å². The van der Waals surface area contributed by atoms with Crippen molar-refractivity contribution in [2.24, 2.45) is 0 Å². The smallest absolute Gasteiger partial charge is 0.748 e. The predicted molar refractivity (Wildman–Crippen MR) is 138 cm³/mol. The first-order valence-electron chi connectivity index (χ1n) is 13.6. The van der Waals surface area contributed by atoms with E-state index in [2.05, 4.69) is 24.0 Å². The molecular formula is C26H49N2NaO5S. The predicted octanol–water partition coefficient (Wildman–Crippen LogP) is 1.73. The van der Waals surface area contributed by atoms with Gasteiger partial charge >= 0.3 is 35.5 Å². The molecule has 1 aliphatic heterocycles. The van der Waals surface area contributed by atoms with E-state index in [-0.39, 0.29) is 41.3 Å². The Morgan fingerprint density at radius 3 is 1.83 bits per heavy atom. The summed E-state index contributed by atoms with van der Waals surface area (Å²) >= 11 is 0. The molecule has 0 spiro atoms. The summed E-state index contributed by atoms with van der Waals surface area (Å²) in [5.74, 6) is -0.446. The third-order valence-corrected chi connectivity index (χ3v) is 7.12. The Bertz CT molecular complexity index is 638. The van der Waals surface area contributed by atoms with Gasteiger partial charge in [-0.25, -0.2) is 8.42 Å². The average molecular weight is 525 g/mol. The minimum absolute atomic E-state index is 0. The van der Waals surface area contributed by atoms with Crippen LogP contribution >= 0.6 is 0 Å². The van der Waals surface area contributed by atoms with Gasteiger partial charge in [0.05, 0.1) is 15.9 Å². The monoisotopic (exact) mass is 524 g/mol. The van der Waals surface area contributed by atoms with Gasteiger partial charge in [0.15, 0.2) is 0 Å². The van der Waals surface area contributed by atoms with Crippen LogP contribution in [-0.2, 0) is 19.6 Å². The summed E-state index contributed by atoms with van der Waals surface area (Å²) in [4.78, 5) is 16.1. The zero-order valence-electron chi connectivity index (χ0n) is 22.6. The first-order valence-corrected chi connectivity index (χ1v) is 15.2. The van der Waals surface area contributed by atoms with Gasteiger partial charge in [0.2, 0.25) is 0 Å². The van der Waals surface area contributed by atoms with E-state index in [1.165, 1.54) is 70.6 Å². The topological polar surface area (TPSA) is 90.0 Å². The molecule has 0 amide bonds. The fourth-order valence-corrected chi connectivity index (χ4v) is 4.66. The van der Waals surface area contributed by atoms with Crippen molar-refractivity contribution in [3.63, 3.8) is 0 Å². The van der Waals surface area contributed by atoms with Gasteiger partial charge in [0, 0.05) is 45.7 Å². The van der Waals surface area contributed by atoms with E-state index in [0.717, 1.165) is 39.0 Å². The molecule has 0 bridgehead atoms. The molecule has 9 heteroatoms. The van der Waals surface area contributed by atoms with E-state index in [1.54, 1.807) is 0 Å². The van der Waals surface area contributed by atoms with Crippen LogP contribution in [0.2, 0.25) is 0 Å². The summed E-state index contributed by atoms with van der Waals surface area (Å²) in [6.45, 7) is 6.72. The Hall–Kier alpha value is 0.0400. The Morgan fingerprint density at radius 1 is 0.800 bits per heavy atom. The maximum absolute atomic E-state index is 11.9. The Kier molecular flexibility index (Phi) is 23.2. The largest absolute Gasteiger partial charge is 1.00 e. The van der Waals surface area contributed by atoms with Crippen LogP contribution in [0.4, 0.5) is 0 Å². The minimum atomic E-state index is -4.15.